The van der Waals surface area contributed by atoms with Crippen LogP contribution in [0, 0.1) is 5.82 Å². The van der Waals surface area contributed by atoms with Gasteiger partial charge in [-0.3, -0.25) is 14.0 Å². The summed E-state index contributed by atoms with van der Waals surface area (Å²) in [5.41, 5.74) is 0.104. The summed E-state index contributed by atoms with van der Waals surface area (Å²) in [5.74, 6) is 0.0544. The summed E-state index contributed by atoms with van der Waals surface area (Å²) >= 11 is 6.36. The first-order valence-corrected chi connectivity index (χ1v) is 11.1. The standard InChI is InChI=1S/C24H25ClFN5O3/c1-24(2,34)10-16(14-32)29-22-9-21(18(25)12-27-22)30-8-7-20-17(23(30)33)11-28-31(20)13-15-5-3-4-6-19(15)26/h3-9,11-12,16,32,34H,10,13-14H2,1-2H3,(H,27,29)/t16-/m0/s1. The van der Waals surface area contributed by atoms with Gasteiger partial charge in [-0.25, -0.2) is 9.37 Å². The van der Waals surface area contributed by atoms with Crippen LogP contribution in [-0.4, -0.2) is 47.8 Å². The van der Waals surface area contributed by atoms with Crippen molar-refractivity contribution in [1.29, 1.82) is 0 Å². The largest absolute Gasteiger partial charge is 0.394 e. The molecule has 178 valence electrons. The first-order chi connectivity index (χ1) is 16.2. The molecule has 3 N–H and O–H groups in total. The van der Waals surface area contributed by atoms with Gasteiger partial charge in [0.05, 0.1) is 58.8 Å². The molecule has 10 heteroatoms. The van der Waals surface area contributed by atoms with Crippen LogP contribution in [0.2, 0.25) is 5.02 Å². The number of aliphatic hydroxyl groups is 2. The van der Waals surface area contributed by atoms with E-state index in [1.165, 1.54) is 23.0 Å². The Morgan fingerprint density at radius 1 is 1.24 bits per heavy atom. The number of aliphatic hydroxyl groups excluding tert-OH is 1. The monoisotopic (exact) mass is 485 g/mol. The minimum absolute atomic E-state index is 0.188. The molecule has 0 amide bonds. The van der Waals surface area contributed by atoms with Gasteiger partial charge in [0, 0.05) is 17.8 Å². The van der Waals surface area contributed by atoms with Crippen molar-refractivity contribution in [1.82, 2.24) is 19.3 Å². The van der Waals surface area contributed by atoms with Crippen LogP contribution in [-0.2, 0) is 6.54 Å². The van der Waals surface area contributed by atoms with Crippen molar-refractivity contribution in [2.24, 2.45) is 0 Å². The lowest BCUT2D eigenvalue weighted by Gasteiger charge is -2.25. The summed E-state index contributed by atoms with van der Waals surface area (Å²) in [5, 5.41) is 27.7. The molecule has 4 rings (SSSR count). The first kappa shape index (κ1) is 23.9. The highest BCUT2D eigenvalue weighted by Crippen LogP contribution is 2.24. The van der Waals surface area contributed by atoms with Crippen molar-refractivity contribution in [2.45, 2.75) is 38.5 Å². The van der Waals surface area contributed by atoms with Gasteiger partial charge < -0.3 is 15.5 Å². The van der Waals surface area contributed by atoms with Gasteiger partial charge in [-0.2, -0.15) is 5.10 Å². The van der Waals surface area contributed by atoms with E-state index in [0.717, 1.165) is 0 Å². The maximum Gasteiger partial charge on any atom is 0.266 e. The molecule has 1 aromatic carbocycles. The number of benzene rings is 1. The van der Waals surface area contributed by atoms with Crippen LogP contribution in [0.15, 0.2) is 59.8 Å². The van der Waals surface area contributed by atoms with Crippen LogP contribution in [0.4, 0.5) is 10.2 Å². The highest BCUT2D eigenvalue weighted by atomic mass is 35.5. The van der Waals surface area contributed by atoms with Crippen molar-refractivity contribution in [3.63, 3.8) is 0 Å². The summed E-state index contributed by atoms with van der Waals surface area (Å²) in [7, 11) is 0. The van der Waals surface area contributed by atoms with Crippen molar-refractivity contribution in [2.75, 3.05) is 11.9 Å². The van der Waals surface area contributed by atoms with Gasteiger partial charge in [0.15, 0.2) is 0 Å². The maximum atomic E-state index is 14.1. The van der Waals surface area contributed by atoms with Crippen molar-refractivity contribution in [3.05, 3.63) is 81.7 Å². The average Bonchev–Trinajstić information content (AvgIpc) is 3.19. The molecule has 0 radical (unpaired) electrons. The molecule has 0 fully saturated rings. The van der Waals surface area contributed by atoms with Crippen molar-refractivity contribution >= 4 is 28.3 Å². The fourth-order valence-electron chi connectivity index (χ4n) is 3.85. The number of rotatable bonds is 8. The SMILES string of the molecule is CC(C)(O)C[C@@H](CO)Nc1cc(-n2ccc3c(cnn3Cc3ccccc3F)c2=O)c(Cl)cn1. The summed E-state index contributed by atoms with van der Waals surface area (Å²) < 4.78 is 17.0. The Morgan fingerprint density at radius 2 is 2.00 bits per heavy atom. The molecule has 0 aliphatic carbocycles. The van der Waals surface area contributed by atoms with Gasteiger partial charge in [0.1, 0.15) is 11.6 Å². The van der Waals surface area contributed by atoms with Crippen LogP contribution >= 0.6 is 11.6 Å². The molecule has 0 aliphatic rings. The van der Waals surface area contributed by atoms with E-state index in [-0.39, 0.29) is 36.0 Å². The molecular weight excluding hydrogens is 461 g/mol. The van der Waals surface area contributed by atoms with E-state index in [4.69, 9.17) is 11.6 Å². The zero-order chi connectivity index (χ0) is 24.5. The summed E-state index contributed by atoms with van der Waals surface area (Å²) in [4.78, 5) is 17.5. The van der Waals surface area contributed by atoms with E-state index in [1.807, 2.05) is 0 Å². The molecule has 3 heterocycles. The lowest BCUT2D eigenvalue weighted by molar-refractivity contribution is 0.0583. The highest BCUT2D eigenvalue weighted by Gasteiger charge is 2.21. The van der Waals surface area contributed by atoms with E-state index in [0.29, 0.717) is 28.0 Å². The molecule has 4 aromatic rings. The molecule has 0 bridgehead atoms. The third-order valence-corrected chi connectivity index (χ3v) is 5.69. The van der Waals surface area contributed by atoms with Crippen LogP contribution in [0.3, 0.4) is 0 Å². The van der Waals surface area contributed by atoms with E-state index >= 15 is 0 Å². The molecule has 0 unspecified atom stereocenters. The van der Waals surface area contributed by atoms with Gasteiger partial charge in [-0.15, -0.1) is 0 Å². The molecule has 34 heavy (non-hydrogen) atoms. The zero-order valence-corrected chi connectivity index (χ0v) is 19.5. The Bertz CT molecular complexity index is 1380. The van der Waals surface area contributed by atoms with E-state index in [2.05, 4.69) is 15.4 Å². The Kier molecular flexibility index (Phi) is 6.70. The van der Waals surface area contributed by atoms with E-state index in [9.17, 15) is 19.4 Å². The minimum atomic E-state index is -0.986. The first-order valence-electron chi connectivity index (χ1n) is 10.7. The Balaban J connectivity index is 1.67. The number of hydrogen-bond acceptors (Lipinski definition) is 6. The Labute approximate surface area is 200 Å². The van der Waals surface area contributed by atoms with Crippen LogP contribution in [0.25, 0.3) is 16.6 Å². The summed E-state index contributed by atoms with van der Waals surface area (Å²) in [6.07, 6.45) is 4.73. The van der Waals surface area contributed by atoms with Crippen molar-refractivity contribution < 1.29 is 14.6 Å². The molecule has 0 saturated heterocycles. The second kappa shape index (κ2) is 9.54. The number of nitrogens with one attached hydrogen (secondary N) is 1. The number of pyridine rings is 2. The lowest BCUT2D eigenvalue weighted by atomic mass is 10.00. The number of nitrogens with zero attached hydrogens (tertiary/aromatic N) is 4. The predicted octanol–water partition coefficient (Wildman–Crippen LogP) is 3.36. The van der Waals surface area contributed by atoms with E-state index in [1.54, 1.807) is 55.1 Å². The van der Waals surface area contributed by atoms with Gasteiger partial charge in [-0.1, -0.05) is 29.8 Å². The van der Waals surface area contributed by atoms with Gasteiger partial charge in [0.25, 0.3) is 5.56 Å². The van der Waals surface area contributed by atoms with Crippen LogP contribution in [0.5, 0.6) is 0 Å². The molecular formula is C24H25ClFN5O3. The van der Waals surface area contributed by atoms with Crippen LogP contribution in [0.1, 0.15) is 25.8 Å². The molecule has 3 aromatic heterocycles. The number of aromatic nitrogens is 4. The number of anilines is 1. The fraction of sp³-hybridized carbons (Fsp3) is 0.292. The quantitative estimate of drug-likeness (QED) is 0.353. The minimum Gasteiger partial charge on any atom is -0.394 e. The van der Waals surface area contributed by atoms with Gasteiger partial charge in [0.2, 0.25) is 0 Å². The second-order valence-electron chi connectivity index (χ2n) is 8.74. The highest BCUT2D eigenvalue weighted by molar-refractivity contribution is 6.32. The molecule has 0 saturated carbocycles. The second-order valence-corrected chi connectivity index (χ2v) is 9.15. The fourth-order valence-corrected chi connectivity index (χ4v) is 4.04. The number of fused-ring (bicyclic) bond motifs is 1. The third-order valence-electron chi connectivity index (χ3n) is 5.40. The summed E-state index contributed by atoms with van der Waals surface area (Å²) in [6, 6.07) is 9.30. The van der Waals surface area contributed by atoms with E-state index < -0.39 is 11.6 Å². The topological polar surface area (TPSA) is 105 Å². The Hall–Kier alpha value is -3.27. The van der Waals surface area contributed by atoms with Gasteiger partial charge in [-0.05, 0) is 32.4 Å². The normalized spacial score (nSPS) is 12.8. The van der Waals surface area contributed by atoms with Crippen molar-refractivity contribution in [3.8, 4) is 5.69 Å². The average molecular weight is 486 g/mol. The molecule has 0 aliphatic heterocycles. The smallest absolute Gasteiger partial charge is 0.266 e. The maximum absolute atomic E-state index is 14.1. The van der Waals surface area contributed by atoms with Gasteiger partial charge >= 0.3 is 0 Å². The predicted molar refractivity (Wildman–Crippen MR) is 129 cm³/mol. The van der Waals surface area contributed by atoms with Crippen LogP contribution < -0.4 is 10.9 Å². The number of halogens is 2. The number of hydrogen-bond donors (Lipinski definition) is 3. The summed E-state index contributed by atoms with van der Waals surface area (Å²) in [6.45, 7) is 3.28. The molecule has 8 nitrogen and oxygen atoms in total. The molecule has 1 atom stereocenters. The lowest BCUT2D eigenvalue weighted by Crippen LogP contribution is -2.34. The zero-order valence-electron chi connectivity index (χ0n) is 18.7. The third kappa shape index (κ3) is 5.11. The Morgan fingerprint density at radius 3 is 2.71 bits per heavy atom. The molecule has 0 spiro atoms.